The van der Waals surface area contributed by atoms with Crippen molar-refractivity contribution in [1.29, 1.82) is 5.26 Å². The van der Waals surface area contributed by atoms with Gasteiger partial charge in [-0.2, -0.15) is 10.4 Å². The monoisotopic (exact) mass is 313 g/mol. The smallest absolute Gasteiger partial charge is 0.277 e. The molecule has 110 valence electrons. The number of amides is 1. The molecule has 22 heavy (non-hydrogen) atoms. The zero-order valence-corrected chi connectivity index (χ0v) is 12.2. The minimum atomic E-state index is -0.380. The lowest BCUT2D eigenvalue weighted by Crippen LogP contribution is -2.24. The first-order valence-electron chi connectivity index (χ1n) is 6.38. The number of nitrogens with one attached hydrogen (secondary N) is 1. The van der Waals surface area contributed by atoms with Crippen molar-refractivity contribution >= 4 is 23.7 Å². The van der Waals surface area contributed by atoms with Gasteiger partial charge in [0.2, 0.25) is 0 Å². The van der Waals surface area contributed by atoms with E-state index >= 15 is 0 Å². The zero-order chi connectivity index (χ0) is 15.8. The maximum Gasteiger partial charge on any atom is 0.277 e. The van der Waals surface area contributed by atoms with Gasteiger partial charge in [0.15, 0.2) is 6.61 Å². The summed E-state index contributed by atoms with van der Waals surface area (Å²) in [5.41, 5.74) is 3.71. The SMILES string of the molecule is N#Cc1ccc(OCC(=O)N/N=C/c2ccc(Cl)cc2)cc1. The molecule has 0 aliphatic rings. The second-order valence-electron chi connectivity index (χ2n) is 4.27. The van der Waals surface area contributed by atoms with Gasteiger partial charge in [0.25, 0.3) is 5.91 Å². The number of hydrazone groups is 1. The van der Waals surface area contributed by atoms with E-state index in [2.05, 4.69) is 10.5 Å². The number of hydrogen-bond donors (Lipinski definition) is 1. The molecule has 2 rings (SSSR count). The maximum absolute atomic E-state index is 11.6. The van der Waals surface area contributed by atoms with Crippen LogP contribution < -0.4 is 10.2 Å². The van der Waals surface area contributed by atoms with E-state index in [0.717, 1.165) is 5.56 Å². The van der Waals surface area contributed by atoms with Gasteiger partial charge in [-0.15, -0.1) is 0 Å². The minimum absolute atomic E-state index is 0.163. The predicted molar refractivity (Wildman–Crippen MR) is 83.8 cm³/mol. The number of ether oxygens (including phenoxy) is 1. The third kappa shape index (κ3) is 4.93. The van der Waals surface area contributed by atoms with E-state index in [0.29, 0.717) is 16.3 Å². The molecule has 0 aliphatic carbocycles. The molecular weight excluding hydrogens is 302 g/mol. The van der Waals surface area contributed by atoms with Crippen molar-refractivity contribution in [2.24, 2.45) is 5.10 Å². The Balaban J connectivity index is 1.78. The molecule has 0 saturated heterocycles. The van der Waals surface area contributed by atoms with Crippen molar-refractivity contribution in [3.8, 4) is 11.8 Å². The van der Waals surface area contributed by atoms with Crippen molar-refractivity contribution in [3.05, 3.63) is 64.7 Å². The summed E-state index contributed by atoms with van der Waals surface area (Å²) in [6.45, 7) is -0.163. The number of benzene rings is 2. The number of hydrogen-bond acceptors (Lipinski definition) is 4. The molecule has 0 unspecified atom stereocenters. The fraction of sp³-hybridized carbons (Fsp3) is 0.0625. The van der Waals surface area contributed by atoms with Gasteiger partial charge >= 0.3 is 0 Å². The summed E-state index contributed by atoms with van der Waals surface area (Å²) in [7, 11) is 0. The highest BCUT2D eigenvalue weighted by Crippen LogP contribution is 2.11. The van der Waals surface area contributed by atoms with Crippen LogP contribution >= 0.6 is 11.6 Å². The quantitative estimate of drug-likeness (QED) is 0.681. The lowest BCUT2D eigenvalue weighted by Gasteiger charge is -2.04. The van der Waals surface area contributed by atoms with E-state index in [1.54, 1.807) is 48.5 Å². The molecule has 1 N–H and O–H groups in total. The summed E-state index contributed by atoms with van der Waals surface area (Å²) >= 11 is 5.77. The van der Waals surface area contributed by atoms with Gasteiger partial charge in [-0.3, -0.25) is 4.79 Å². The Kier molecular flexibility index (Phi) is 5.52. The number of nitriles is 1. The molecule has 0 atom stereocenters. The van der Waals surface area contributed by atoms with Gasteiger partial charge < -0.3 is 4.74 Å². The summed E-state index contributed by atoms with van der Waals surface area (Å²) in [6.07, 6.45) is 1.51. The van der Waals surface area contributed by atoms with Gasteiger partial charge in [0.05, 0.1) is 17.8 Å². The van der Waals surface area contributed by atoms with Crippen LogP contribution in [0.25, 0.3) is 0 Å². The Morgan fingerprint density at radius 1 is 1.23 bits per heavy atom. The molecule has 1 amide bonds. The standard InChI is InChI=1S/C16H12ClN3O2/c17-14-5-1-13(2-6-14)10-19-20-16(21)11-22-15-7-3-12(9-18)4-8-15/h1-8,10H,11H2,(H,20,21)/b19-10+. The lowest BCUT2D eigenvalue weighted by atomic mass is 10.2. The van der Waals surface area contributed by atoms with Crippen molar-refractivity contribution in [1.82, 2.24) is 5.43 Å². The fourth-order valence-electron chi connectivity index (χ4n) is 1.53. The van der Waals surface area contributed by atoms with E-state index < -0.39 is 0 Å². The van der Waals surface area contributed by atoms with Crippen LogP contribution in [-0.4, -0.2) is 18.7 Å². The van der Waals surface area contributed by atoms with E-state index in [9.17, 15) is 4.79 Å². The first-order valence-corrected chi connectivity index (χ1v) is 6.75. The highest BCUT2D eigenvalue weighted by molar-refractivity contribution is 6.30. The normalized spacial score (nSPS) is 10.2. The summed E-state index contributed by atoms with van der Waals surface area (Å²) in [5.74, 6) is 0.130. The first kappa shape index (κ1) is 15.5. The van der Waals surface area contributed by atoms with Crippen molar-refractivity contribution in [2.45, 2.75) is 0 Å². The van der Waals surface area contributed by atoms with Crippen molar-refractivity contribution < 1.29 is 9.53 Å². The molecule has 0 radical (unpaired) electrons. The highest BCUT2D eigenvalue weighted by Gasteiger charge is 2.01. The average Bonchev–Trinajstić information content (AvgIpc) is 2.55. The van der Waals surface area contributed by atoms with E-state index in [-0.39, 0.29) is 12.5 Å². The van der Waals surface area contributed by atoms with E-state index in [1.165, 1.54) is 6.21 Å². The molecule has 2 aromatic carbocycles. The van der Waals surface area contributed by atoms with E-state index in [4.69, 9.17) is 21.6 Å². The summed E-state index contributed by atoms with van der Waals surface area (Å²) in [5, 5.41) is 13.1. The molecule has 2 aromatic rings. The molecule has 0 bridgehead atoms. The first-order chi connectivity index (χ1) is 10.7. The Labute approximate surface area is 132 Å². The number of rotatable bonds is 5. The third-order valence-corrected chi connectivity index (χ3v) is 2.88. The maximum atomic E-state index is 11.6. The zero-order valence-electron chi connectivity index (χ0n) is 11.5. The van der Waals surface area contributed by atoms with Gasteiger partial charge in [-0.05, 0) is 42.0 Å². The highest BCUT2D eigenvalue weighted by atomic mass is 35.5. The third-order valence-electron chi connectivity index (χ3n) is 2.63. The molecule has 6 heteroatoms. The fourth-order valence-corrected chi connectivity index (χ4v) is 1.66. The molecule has 0 spiro atoms. The Morgan fingerprint density at radius 2 is 1.91 bits per heavy atom. The second kappa shape index (κ2) is 7.81. The summed E-state index contributed by atoms with van der Waals surface area (Å²) < 4.78 is 5.27. The Morgan fingerprint density at radius 3 is 2.55 bits per heavy atom. The van der Waals surface area contributed by atoms with Crippen LogP contribution in [-0.2, 0) is 4.79 Å². The number of nitrogens with zero attached hydrogens (tertiary/aromatic N) is 2. The molecule has 0 aromatic heterocycles. The molecule has 0 heterocycles. The van der Waals surface area contributed by atoms with Crippen LogP contribution in [0.15, 0.2) is 53.6 Å². The van der Waals surface area contributed by atoms with Crippen LogP contribution in [0.4, 0.5) is 0 Å². The minimum Gasteiger partial charge on any atom is -0.484 e. The number of carbonyl (C=O) groups excluding carboxylic acids is 1. The largest absolute Gasteiger partial charge is 0.484 e. The van der Waals surface area contributed by atoms with Crippen molar-refractivity contribution in [2.75, 3.05) is 6.61 Å². The Bertz CT molecular complexity index is 704. The molecule has 0 aliphatic heterocycles. The van der Waals surface area contributed by atoms with Crippen molar-refractivity contribution in [3.63, 3.8) is 0 Å². The second-order valence-corrected chi connectivity index (χ2v) is 4.71. The molecular formula is C16H12ClN3O2. The predicted octanol–water partition coefficient (Wildman–Crippen LogP) is 2.74. The average molecular weight is 314 g/mol. The van der Waals surface area contributed by atoms with Crippen LogP contribution in [0.2, 0.25) is 5.02 Å². The molecule has 0 saturated carbocycles. The summed E-state index contributed by atoms with van der Waals surface area (Å²) in [4.78, 5) is 11.6. The Hall–Kier alpha value is -2.84. The number of carbonyl (C=O) groups is 1. The number of halogens is 1. The summed E-state index contributed by atoms with van der Waals surface area (Å²) in [6, 6.07) is 15.5. The van der Waals surface area contributed by atoms with Crippen LogP contribution in [0, 0.1) is 11.3 Å². The molecule has 0 fully saturated rings. The van der Waals surface area contributed by atoms with Gasteiger partial charge in [0.1, 0.15) is 5.75 Å². The van der Waals surface area contributed by atoms with Gasteiger partial charge in [-0.25, -0.2) is 5.43 Å². The van der Waals surface area contributed by atoms with Crippen LogP contribution in [0.3, 0.4) is 0 Å². The van der Waals surface area contributed by atoms with Gasteiger partial charge in [-0.1, -0.05) is 23.7 Å². The van der Waals surface area contributed by atoms with Gasteiger partial charge in [0, 0.05) is 5.02 Å². The van der Waals surface area contributed by atoms with Crippen LogP contribution in [0.5, 0.6) is 5.75 Å². The van der Waals surface area contributed by atoms with Crippen LogP contribution in [0.1, 0.15) is 11.1 Å². The van der Waals surface area contributed by atoms with E-state index in [1.807, 2.05) is 6.07 Å². The topological polar surface area (TPSA) is 74.5 Å². The lowest BCUT2D eigenvalue weighted by molar-refractivity contribution is -0.123. The molecule has 5 nitrogen and oxygen atoms in total.